The van der Waals surface area contributed by atoms with Crippen LogP contribution in [0.3, 0.4) is 0 Å². The molecule has 0 radical (unpaired) electrons. The zero-order chi connectivity index (χ0) is 13.3. The summed E-state index contributed by atoms with van der Waals surface area (Å²) < 4.78 is 0. The Morgan fingerprint density at radius 3 is 2.44 bits per heavy atom. The molecule has 3 heteroatoms. The molecule has 0 aromatic rings. The second-order valence-corrected chi connectivity index (χ2v) is 5.61. The SMILES string of the molecule is CCCCCCCC(=O)CC1(C=O)CCNCC1. The smallest absolute Gasteiger partial charge is 0.133 e. The fourth-order valence-electron chi connectivity index (χ4n) is 2.67. The number of carbonyl (C=O) groups excluding carboxylic acids is 2. The minimum absolute atomic E-state index is 0.278. The largest absolute Gasteiger partial charge is 0.317 e. The van der Waals surface area contributed by atoms with Crippen molar-refractivity contribution in [2.45, 2.75) is 64.7 Å². The van der Waals surface area contributed by atoms with Crippen LogP contribution in [-0.2, 0) is 9.59 Å². The molecule has 0 spiro atoms. The maximum atomic E-state index is 11.9. The Balaban J connectivity index is 2.23. The van der Waals surface area contributed by atoms with Gasteiger partial charge in [0.2, 0.25) is 0 Å². The summed E-state index contributed by atoms with van der Waals surface area (Å²) in [7, 11) is 0. The molecular weight excluding hydrogens is 226 g/mol. The first kappa shape index (κ1) is 15.4. The predicted octanol–water partition coefficient (Wildman–Crippen LogP) is 2.87. The molecule has 1 saturated heterocycles. The maximum Gasteiger partial charge on any atom is 0.133 e. The van der Waals surface area contributed by atoms with Gasteiger partial charge in [-0.1, -0.05) is 32.6 Å². The molecule has 1 fully saturated rings. The molecule has 0 aromatic carbocycles. The third-order valence-electron chi connectivity index (χ3n) is 3.96. The summed E-state index contributed by atoms with van der Waals surface area (Å²) in [5, 5.41) is 3.24. The van der Waals surface area contributed by atoms with E-state index in [-0.39, 0.29) is 11.2 Å². The van der Waals surface area contributed by atoms with Crippen molar-refractivity contribution in [1.82, 2.24) is 5.32 Å². The van der Waals surface area contributed by atoms with E-state index in [1.807, 2.05) is 0 Å². The highest BCUT2D eigenvalue weighted by molar-refractivity contribution is 5.82. The quantitative estimate of drug-likeness (QED) is 0.507. The van der Waals surface area contributed by atoms with Crippen LogP contribution in [0.25, 0.3) is 0 Å². The van der Waals surface area contributed by atoms with Crippen LogP contribution in [-0.4, -0.2) is 25.2 Å². The summed E-state index contributed by atoms with van der Waals surface area (Å²) in [5.41, 5.74) is -0.355. The Bertz CT molecular complexity index is 257. The number of hydrogen-bond donors (Lipinski definition) is 1. The topological polar surface area (TPSA) is 46.2 Å². The average molecular weight is 253 g/mol. The van der Waals surface area contributed by atoms with Gasteiger partial charge in [0.1, 0.15) is 12.1 Å². The highest BCUT2D eigenvalue weighted by Gasteiger charge is 2.33. The van der Waals surface area contributed by atoms with E-state index < -0.39 is 0 Å². The van der Waals surface area contributed by atoms with Gasteiger partial charge in [-0.15, -0.1) is 0 Å². The molecule has 1 rings (SSSR count). The van der Waals surface area contributed by atoms with Gasteiger partial charge in [-0.2, -0.15) is 0 Å². The van der Waals surface area contributed by atoms with E-state index in [1.165, 1.54) is 19.3 Å². The molecule has 104 valence electrons. The minimum atomic E-state index is -0.355. The van der Waals surface area contributed by atoms with Gasteiger partial charge in [0.15, 0.2) is 0 Å². The van der Waals surface area contributed by atoms with Gasteiger partial charge in [0, 0.05) is 18.3 Å². The summed E-state index contributed by atoms with van der Waals surface area (Å²) in [6.07, 6.45) is 9.65. The van der Waals surface area contributed by atoms with Crippen LogP contribution in [0, 0.1) is 5.41 Å². The van der Waals surface area contributed by atoms with Gasteiger partial charge in [-0.3, -0.25) is 4.79 Å². The number of rotatable bonds is 9. The molecule has 0 aromatic heterocycles. The van der Waals surface area contributed by atoms with Crippen LogP contribution in [0.5, 0.6) is 0 Å². The van der Waals surface area contributed by atoms with Gasteiger partial charge in [-0.25, -0.2) is 0 Å². The number of aldehydes is 1. The van der Waals surface area contributed by atoms with Crippen molar-refractivity contribution in [2.24, 2.45) is 5.41 Å². The third kappa shape index (κ3) is 5.30. The third-order valence-corrected chi connectivity index (χ3v) is 3.96. The monoisotopic (exact) mass is 253 g/mol. The molecule has 0 aliphatic carbocycles. The maximum absolute atomic E-state index is 11.9. The highest BCUT2D eigenvalue weighted by Crippen LogP contribution is 2.31. The fraction of sp³-hybridized carbons (Fsp3) is 0.867. The number of hydrogen-bond acceptors (Lipinski definition) is 3. The summed E-state index contributed by atoms with van der Waals surface area (Å²) in [6, 6.07) is 0. The summed E-state index contributed by atoms with van der Waals surface area (Å²) in [5.74, 6) is 0.278. The lowest BCUT2D eigenvalue weighted by Crippen LogP contribution is -2.39. The van der Waals surface area contributed by atoms with Crippen LogP contribution < -0.4 is 5.32 Å². The first-order valence-electron chi connectivity index (χ1n) is 7.41. The van der Waals surface area contributed by atoms with Crippen molar-refractivity contribution in [3.63, 3.8) is 0 Å². The van der Waals surface area contributed by atoms with E-state index in [0.29, 0.717) is 12.8 Å². The zero-order valence-electron chi connectivity index (χ0n) is 11.7. The van der Waals surface area contributed by atoms with Crippen molar-refractivity contribution in [3.05, 3.63) is 0 Å². The van der Waals surface area contributed by atoms with E-state index in [9.17, 15) is 9.59 Å². The highest BCUT2D eigenvalue weighted by atomic mass is 16.1. The van der Waals surface area contributed by atoms with E-state index in [2.05, 4.69) is 12.2 Å². The molecular formula is C15H27NO2. The number of carbonyl (C=O) groups is 2. The molecule has 0 amide bonds. The molecule has 0 atom stereocenters. The molecule has 18 heavy (non-hydrogen) atoms. The summed E-state index contributed by atoms with van der Waals surface area (Å²) in [6.45, 7) is 3.92. The van der Waals surface area contributed by atoms with Gasteiger partial charge >= 0.3 is 0 Å². The van der Waals surface area contributed by atoms with Crippen LogP contribution in [0.1, 0.15) is 64.7 Å². The Labute approximate surface area is 111 Å². The number of Topliss-reactive ketones (excluding diaryl/α,β-unsaturated/α-hetero) is 1. The summed E-state index contributed by atoms with van der Waals surface area (Å²) >= 11 is 0. The van der Waals surface area contributed by atoms with Crippen LogP contribution >= 0.6 is 0 Å². The predicted molar refractivity (Wildman–Crippen MR) is 73.6 cm³/mol. The zero-order valence-corrected chi connectivity index (χ0v) is 11.7. The molecule has 0 saturated carbocycles. The number of ketones is 1. The van der Waals surface area contributed by atoms with Crippen LogP contribution in [0.4, 0.5) is 0 Å². The normalized spacial score (nSPS) is 18.5. The number of unbranched alkanes of at least 4 members (excludes halogenated alkanes) is 4. The van der Waals surface area contributed by atoms with Crippen LogP contribution in [0.2, 0.25) is 0 Å². The van der Waals surface area contributed by atoms with Crippen LogP contribution in [0.15, 0.2) is 0 Å². The lowest BCUT2D eigenvalue weighted by atomic mass is 9.76. The van der Waals surface area contributed by atoms with Crippen molar-refractivity contribution in [1.29, 1.82) is 0 Å². The second kappa shape index (κ2) is 8.41. The van der Waals surface area contributed by atoms with Crippen molar-refractivity contribution in [3.8, 4) is 0 Å². The van der Waals surface area contributed by atoms with Gasteiger partial charge in [-0.05, 0) is 32.4 Å². The van der Waals surface area contributed by atoms with Gasteiger partial charge in [0.05, 0.1) is 0 Å². The molecule has 1 N–H and O–H groups in total. The second-order valence-electron chi connectivity index (χ2n) is 5.61. The molecule has 1 heterocycles. The Hall–Kier alpha value is -0.700. The van der Waals surface area contributed by atoms with E-state index in [0.717, 1.165) is 45.1 Å². The Morgan fingerprint density at radius 2 is 1.83 bits per heavy atom. The summed E-state index contributed by atoms with van der Waals surface area (Å²) in [4.78, 5) is 23.2. The molecule has 1 aliphatic rings. The average Bonchev–Trinajstić information content (AvgIpc) is 2.39. The van der Waals surface area contributed by atoms with Gasteiger partial charge < -0.3 is 10.1 Å². The lowest BCUT2D eigenvalue weighted by molar-refractivity contribution is -0.127. The molecule has 3 nitrogen and oxygen atoms in total. The van der Waals surface area contributed by atoms with E-state index in [4.69, 9.17) is 0 Å². The molecule has 1 aliphatic heterocycles. The van der Waals surface area contributed by atoms with E-state index in [1.54, 1.807) is 0 Å². The fourth-order valence-corrected chi connectivity index (χ4v) is 2.67. The number of piperidine rings is 1. The minimum Gasteiger partial charge on any atom is -0.317 e. The van der Waals surface area contributed by atoms with Crippen molar-refractivity contribution < 1.29 is 9.59 Å². The first-order chi connectivity index (χ1) is 8.72. The lowest BCUT2D eigenvalue weighted by Gasteiger charge is -2.31. The Kier molecular flexibility index (Phi) is 7.18. The first-order valence-corrected chi connectivity index (χ1v) is 7.41. The van der Waals surface area contributed by atoms with Crippen molar-refractivity contribution >= 4 is 12.1 Å². The standard InChI is InChI=1S/C15H27NO2/c1-2-3-4-5-6-7-14(18)12-15(13-17)8-10-16-11-9-15/h13,16H,2-12H2,1H3. The van der Waals surface area contributed by atoms with Gasteiger partial charge in [0.25, 0.3) is 0 Å². The molecule has 0 bridgehead atoms. The molecule has 0 unspecified atom stereocenters. The van der Waals surface area contributed by atoms with E-state index >= 15 is 0 Å². The number of nitrogens with one attached hydrogen (secondary N) is 1. The Morgan fingerprint density at radius 1 is 1.17 bits per heavy atom. The van der Waals surface area contributed by atoms with Crippen molar-refractivity contribution in [2.75, 3.05) is 13.1 Å².